The van der Waals surface area contributed by atoms with Gasteiger partial charge in [0.25, 0.3) is 5.78 Å². The summed E-state index contributed by atoms with van der Waals surface area (Å²) in [5, 5.41) is 0. The summed E-state index contributed by atoms with van der Waals surface area (Å²) in [5.74, 6) is -1.56. The predicted molar refractivity (Wildman–Crippen MR) is 146 cm³/mol. The summed E-state index contributed by atoms with van der Waals surface area (Å²) in [5.41, 5.74) is 0.303. The Morgan fingerprint density at radius 3 is 1.31 bits per heavy atom. The van der Waals surface area contributed by atoms with Gasteiger partial charge in [0.1, 0.15) is 6.61 Å². The maximum atomic E-state index is 11.9. The van der Waals surface area contributed by atoms with Gasteiger partial charge >= 0.3 is 5.97 Å². The predicted octanol–water partition coefficient (Wildman–Crippen LogP) is 3.50. The Bertz CT molecular complexity index is 686. The summed E-state index contributed by atoms with van der Waals surface area (Å²) in [7, 11) is 0. The Kier molecular flexibility index (Phi) is 24.9. The first kappa shape index (κ1) is 35.1. The first-order valence-corrected chi connectivity index (χ1v) is 14.1. The van der Waals surface area contributed by atoms with Gasteiger partial charge in [0.05, 0.1) is 85.9 Å². The molecule has 1 aromatic rings. The van der Waals surface area contributed by atoms with Gasteiger partial charge in [-0.1, -0.05) is 62.9 Å². The summed E-state index contributed by atoms with van der Waals surface area (Å²) >= 11 is 0. The van der Waals surface area contributed by atoms with Crippen molar-refractivity contribution in [2.24, 2.45) is 0 Å². The minimum absolute atomic E-state index is 0.00806. The maximum absolute atomic E-state index is 11.9. The number of benzene rings is 1. The van der Waals surface area contributed by atoms with E-state index in [0.29, 0.717) is 84.8 Å². The topological polar surface area (TPSA) is 108 Å². The zero-order valence-corrected chi connectivity index (χ0v) is 23.6. The standard InChI is InChI=1S/C29H48O10/c1-2-3-4-5-9-12-32-13-14-33-15-16-34-17-18-35-19-20-36-21-22-37-23-24-38-25-26-39-29(31)28(30)27-10-7-6-8-11-27/h6-8,10-11H,2-5,9,12-26H2,1H3. The van der Waals surface area contributed by atoms with Crippen LogP contribution in [0.5, 0.6) is 0 Å². The minimum Gasteiger partial charge on any atom is -0.457 e. The van der Waals surface area contributed by atoms with E-state index in [0.717, 1.165) is 13.0 Å². The third-order valence-electron chi connectivity index (χ3n) is 5.31. The van der Waals surface area contributed by atoms with Crippen molar-refractivity contribution in [3.05, 3.63) is 35.9 Å². The number of ketones is 1. The molecule has 0 bridgehead atoms. The summed E-state index contributed by atoms with van der Waals surface area (Å²) in [6.07, 6.45) is 6.24. The molecule has 0 unspecified atom stereocenters. The zero-order chi connectivity index (χ0) is 28.1. The molecule has 0 aliphatic rings. The molecule has 0 fully saturated rings. The van der Waals surface area contributed by atoms with Crippen molar-refractivity contribution in [3.8, 4) is 0 Å². The molecule has 10 heteroatoms. The fraction of sp³-hybridized carbons (Fsp3) is 0.724. The van der Waals surface area contributed by atoms with Gasteiger partial charge in [0, 0.05) is 12.2 Å². The summed E-state index contributed by atoms with van der Waals surface area (Å²) in [6.45, 7) is 9.19. The number of esters is 1. The van der Waals surface area contributed by atoms with Gasteiger partial charge < -0.3 is 37.9 Å². The van der Waals surface area contributed by atoms with Gasteiger partial charge in [0.15, 0.2) is 0 Å². The molecular weight excluding hydrogens is 508 g/mol. The lowest BCUT2D eigenvalue weighted by Gasteiger charge is -2.08. The van der Waals surface area contributed by atoms with Crippen LogP contribution in [-0.4, -0.2) is 111 Å². The number of rotatable bonds is 29. The van der Waals surface area contributed by atoms with Gasteiger partial charge in [-0.25, -0.2) is 4.79 Å². The Morgan fingerprint density at radius 2 is 0.872 bits per heavy atom. The number of hydrogen-bond donors (Lipinski definition) is 0. The van der Waals surface area contributed by atoms with Crippen molar-refractivity contribution in [2.75, 3.05) is 99.1 Å². The van der Waals surface area contributed by atoms with Crippen molar-refractivity contribution < 1.29 is 47.5 Å². The summed E-state index contributed by atoms with van der Waals surface area (Å²) < 4.78 is 43.0. The van der Waals surface area contributed by atoms with Crippen LogP contribution in [0.4, 0.5) is 0 Å². The van der Waals surface area contributed by atoms with Crippen molar-refractivity contribution in [2.45, 2.75) is 39.0 Å². The molecule has 1 rings (SSSR count). The molecule has 0 spiro atoms. The number of ether oxygens (including phenoxy) is 8. The second kappa shape index (κ2) is 27.6. The first-order chi connectivity index (χ1) is 19.3. The third kappa shape index (κ3) is 22.6. The number of hydrogen-bond acceptors (Lipinski definition) is 10. The van der Waals surface area contributed by atoms with Gasteiger partial charge in [-0.15, -0.1) is 0 Å². The van der Waals surface area contributed by atoms with E-state index in [1.54, 1.807) is 30.3 Å². The monoisotopic (exact) mass is 556 g/mol. The Hall–Kier alpha value is -1.92. The molecule has 0 saturated carbocycles. The van der Waals surface area contributed by atoms with E-state index in [1.165, 1.54) is 25.7 Å². The first-order valence-electron chi connectivity index (χ1n) is 14.1. The number of Topliss-reactive ketones (excluding diaryl/α,β-unsaturated/α-hetero) is 1. The smallest absolute Gasteiger partial charge is 0.379 e. The lowest BCUT2D eigenvalue weighted by Crippen LogP contribution is -2.20. The van der Waals surface area contributed by atoms with Crippen LogP contribution in [0.2, 0.25) is 0 Å². The van der Waals surface area contributed by atoms with Gasteiger partial charge in [-0.2, -0.15) is 0 Å². The fourth-order valence-electron chi connectivity index (χ4n) is 3.20. The lowest BCUT2D eigenvalue weighted by molar-refractivity contribution is -0.139. The molecule has 0 N–H and O–H groups in total. The third-order valence-corrected chi connectivity index (χ3v) is 5.31. The molecule has 0 aliphatic heterocycles. The highest BCUT2D eigenvalue weighted by Gasteiger charge is 2.17. The largest absolute Gasteiger partial charge is 0.457 e. The van der Waals surface area contributed by atoms with Crippen LogP contribution in [0.25, 0.3) is 0 Å². The highest BCUT2D eigenvalue weighted by molar-refractivity contribution is 6.40. The van der Waals surface area contributed by atoms with Crippen LogP contribution in [0.15, 0.2) is 30.3 Å². The average molecular weight is 557 g/mol. The van der Waals surface area contributed by atoms with Crippen molar-refractivity contribution in [1.82, 2.24) is 0 Å². The second-order valence-electron chi connectivity index (χ2n) is 8.53. The highest BCUT2D eigenvalue weighted by Crippen LogP contribution is 2.02. The average Bonchev–Trinajstić information content (AvgIpc) is 2.96. The van der Waals surface area contributed by atoms with Crippen LogP contribution in [0.1, 0.15) is 49.4 Å². The van der Waals surface area contributed by atoms with Gasteiger partial charge in [0.2, 0.25) is 0 Å². The normalized spacial score (nSPS) is 11.1. The molecule has 0 aromatic heterocycles. The number of carbonyl (C=O) groups is 2. The van der Waals surface area contributed by atoms with Crippen molar-refractivity contribution >= 4 is 11.8 Å². The lowest BCUT2D eigenvalue weighted by atomic mass is 10.1. The molecule has 39 heavy (non-hydrogen) atoms. The van der Waals surface area contributed by atoms with E-state index in [-0.39, 0.29) is 13.2 Å². The van der Waals surface area contributed by atoms with Crippen LogP contribution < -0.4 is 0 Å². The second-order valence-corrected chi connectivity index (χ2v) is 8.53. The van der Waals surface area contributed by atoms with E-state index in [9.17, 15) is 9.59 Å². The molecule has 0 aliphatic carbocycles. The molecule has 0 saturated heterocycles. The molecule has 1 aromatic carbocycles. The van der Waals surface area contributed by atoms with E-state index >= 15 is 0 Å². The molecule has 0 heterocycles. The van der Waals surface area contributed by atoms with Crippen LogP contribution >= 0.6 is 0 Å². The molecular formula is C29H48O10. The van der Waals surface area contributed by atoms with Crippen molar-refractivity contribution in [1.29, 1.82) is 0 Å². The Balaban J connectivity index is 1.70. The van der Waals surface area contributed by atoms with Crippen LogP contribution in [0.3, 0.4) is 0 Å². The van der Waals surface area contributed by atoms with E-state index in [2.05, 4.69) is 6.92 Å². The summed E-state index contributed by atoms with van der Waals surface area (Å²) in [4.78, 5) is 23.6. The molecule has 0 amide bonds. The van der Waals surface area contributed by atoms with E-state index in [1.807, 2.05) is 0 Å². The quantitative estimate of drug-likeness (QED) is 0.0630. The zero-order valence-electron chi connectivity index (χ0n) is 23.6. The van der Waals surface area contributed by atoms with Gasteiger partial charge in [-0.05, 0) is 6.42 Å². The maximum Gasteiger partial charge on any atom is 0.379 e. The molecule has 224 valence electrons. The number of unbranched alkanes of at least 4 members (excludes halogenated alkanes) is 4. The Morgan fingerprint density at radius 1 is 0.487 bits per heavy atom. The number of carbonyl (C=O) groups excluding carboxylic acids is 2. The fourth-order valence-corrected chi connectivity index (χ4v) is 3.20. The minimum atomic E-state index is -0.889. The van der Waals surface area contributed by atoms with Crippen molar-refractivity contribution in [3.63, 3.8) is 0 Å². The van der Waals surface area contributed by atoms with Crippen LogP contribution in [-0.2, 0) is 42.7 Å². The summed E-state index contributed by atoms with van der Waals surface area (Å²) in [6, 6.07) is 8.28. The van der Waals surface area contributed by atoms with Gasteiger partial charge in [-0.3, -0.25) is 4.79 Å². The highest BCUT2D eigenvalue weighted by atomic mass is 16.6. The molecule has 10 nitrogen and oxygen atoms in total. The SMILES string of the molecule is CCCCCCCOCCOCCOCCOCCOCCOCCOCCOC(=O)C(=O)c1ccccc1. The Labute approximate surface area is 233 Å². The van der Waals surface area contributed by atoms with Crippen LogP contribution in [0, 0.1) is 0 Å². The van der Waals surface area contributed by atoms with E-state index in [4.69, 9.17) is 37.9 Å². The van der Waals surface area contributed by atoms with E-state index < -0.39 is 11.8 Å². The molecule has 0 radical (unpaired) electrons. The molecule has 0 atom stereocenters.